The number of hydrogen-bond donors (Lipinski definition) is 0. The van der Waals surface area contributed by atoms with E-state index in [-0.39, 0.29) is 0 Å². The second-order valence-corrected chi connectivity index (χ2v) is 9.39. The summed E-state index contributed by atoms with van der Waals surface area (Å²) in [6.45, 7) is 0. The van der Waals surface area contributed by atoms with E-state index in [1.54, 1.807) is 18.7 Å². The Balaban J connectivity index is 1.41. The number of para-hydroxylation sites is 3. The first-order chi connectivity index (χ1) is 19.3. The second kappa shape index (κ2) is 8.53. The molecule has 0 aliphatic carbocycles. The van der Waals surface area contributed by atoms with Crippen LogP contribution in [0, 0.1) is 0 Å². The van der Waals surface area contributed by atoms with Crippen molar-refractivity contribution in [3.05, 3.63) is 122 Å². The van der Waals surface area contributed by atoms with Gasteiger partial charge in [-0.05, 0) is 60.7 Å². The zero-order valence-electron chi connectivity index (χ0n) is 20.7. The van der Waals surface area contributed by atoms with Crippen LogP contribution < -0.4 is 0 Å². The van der Waals surface area contributed by atoms with Gasteiger partial charge < -0.3 is 13.4 Å². The lowest BCUT2D eigenvalue weighted by atomic mass is 10.1. The molecule has 4 aromatic carbocycles. The lowest BCUT2D eigenvalue weighted by molar-refractivity contribution is 0.574. The molecule has 4 heterocycles. The minimum Gasteiger partial charge on any atom is -0.445 e. The van der Waals surface area contributed by atoms with Crippen LogP contribution in [0.15, 0.2) is 131 Å². The number of hydrogen-bond acceptors (Lipinski definition) is 5. The number of fused-ring (bicyclic) bond motifs is 4. The SMILES string of the molecule is c1ccc(-c2cc(-c3ncco3)cc(-n3c4ccccc4c4ccc(-c5nc6ccccc6o5)cc43)c2)nc1. The van der Waals surface area contributed by atoms with E-state index < -0.39 is 0 Å². The first-order valence-corrected chi connectivity index (χ1v) is 12.7. The van der Waals surface area contributed by atoms with Gasteiger partial charge in [0.2, 0.25) is 11.8 Å². The lowest BCUT2D eigenvalue weighted by Gasteiger charge is -2.12. The van der Waals surface area contributed by atoms with Gasteiger partial charge in [-0.3, -0.25) is 4.98 Å². The molecule has 0 unspecified atom stereocenters. The largest absolute Gasteiger partial charge is 0.445 e. The third-order valence-corrected chi connectivity index (χ3v) is 7.03. The number of rotatable bonds is 4. The number of nitrogens with zero attached hydrogens (tertiary/aromatic N) is 4. The normalized spacial score (nSPS) is 11.6. The fourth-order valence-electron chi connectivity index (χ4n) is 5.29. The average molecular weight is 505 g/mol. The van der Waals surface area contributed by atoms with Crippen molar-refractivity contribution in [3.8, 4) is 39.9 Å². The zero-order chi connectivity index (χ0) is 25.8. The summed E-state index contributed by atoms with van der Waals surface area (Å²) in [5, 5.41) is 2.31. The summed E-state index contributed by atoms with van der Waals surface area (Å²) in [6, 6.07) is 34.9. The molecule has 8 rings (SSSR count). The molecule has 0 aliphatic rings. The summed E-state index contributed by atoms with van der Waals surface area (Å²) < 4.78 is 14.1. The molecule has 0 N–H and O–H groups in total. The van der Waals surface area contributed by atoms with Gasteiger partial charge in [0.25, 0.3) is 0 Å². The summed E-state index contributed by atoms with van der Waals surface area (Å²) >= 11 is 0. The minimum atomic E-state index is 0.557. The Morgan fingerprint density at radius 2 is 1.44 bits per heavy atom. The maximum Gasteiger partial charge on any atom is 0.227 e. The highest BCUT2D eigenvalue weighted by atomic mass is 16.3. The van der Waals surface area contributed by atoms with Crippen molar-refractivity contribution in [3.63, 3.8) is 0 Å². The molecule has 8 aromatic rings. The smallest absolute Gasteiger partial charge is 0.227 e. The third-order valence-electron chi connectivity index (χ3n) is 7.03. The van der Waals surface area contributed by atoms with Gasteiger partial charge in [0, 0.05) is 39.3 Å². The summed E-state index contributed by atoms with van der Waals surface area (Å²) in [7, 11) is 0. The van der Waals surface area contributed by atoms with Crippen LogP contribution in [0.5, 0.6) is 0 Å². The Bertz CT molecular complexity index is 2090. The average Bonchev–Trinajstić information content (AvgIpc) is 3.75. The van der Waals surface area contributed by atoms with Crippen molar-refractivity contribution < 1.29 is 8.83 Å². The molecule has 0 bridgehead atoms. The Morgan fingerprint density at radius 1 is 0.590 bits per heavy atom. The Kier molecular flexibility index (Phi) is 4.72. The highest BCUT2D eigenvalue weighted by Gasteiger charge is 2.17. The number of pyridine rings is 1. The quantitative estimate of drug-likeness (QED) is 0.241. The maximum absolute atomic E-state index is 6.12. The van der Waals surface area contributed by atoms with E-state index in [1.807, 2.05) is 42.5 Å². The van der Waals surface area contributed by atoms with Crippen LogP contribution in [-0.4, -0.2) is 19.5 Å². The van der Waals surface area contributed by atoms with Gasteiger partial charge in [-0.25, -0.2) is 9.97 Å². The van der Waals surface area contributed by atoms with Crippen LogP contribution in [0.1, 0.15) is 0 Å². The molecule has 39 heavy (non-hydrogen) atoms. The Labute approximate surface area is 222 Å². The fraction of sp³-hybridized carbons (Fsp3) is 0. The van der Waals surface area contributed by atoms with Crippen LogP contribution in [0.25, 0.3) is 72.8 Å². The number of aromatic nitrogens is 4. The summed E-state index contributed by atoms with van der Waals surface area (Å²) in [5.74, 6) is 1.15. The predicted octanol–water partition coefficient (Wildman–Crippen LogP) is 8.31. The molecular formula is C33H20N4O2. The van der Waals surface area contributed by atoms with Gasteiger partial charge in [0.05, 0.1) is 22.9 Å². The molecule has 0 fully saturated rings. The van der Waals surface area contributed by atoms with Gasteiger partial charge >= 0.3 is 0 Å². The lowest BCUT2D eigenvalue weighted by Crippen LogP contribution is -1.96. The van der Waals surface area contributed by atoms with Crippen LogP contribution in [0.4, 0.5) is 0 Å². The van der Waals surface area contributed by atoms with E-state index in [0.29, 0.717) is 11.8 Å². The van der Waals surface area contributed by atoms with E-state index in [0.717, 1.165) is 61.0 Å². The summed E-state index contributed by atoms with van der Waals surface area (Å²) in [4.78, 5) is 13.8. The van der Waals surface area contributed by atoms with E-state index in [2.05, 4.69) is 75.2 Å². The number of oxazole rings is 2. The Morgan fingerprint density at radius 3 is 2.31 bits per heavy atom. The van der Waals surface area contributed by atoms with Crippen molar-refractivity contribution in [1.29, 1.82) is 0 Å². The molecule has 0 saturated carbocycles. The summed E-state index contributed by atoms with van der Waals surface area (Å²) in [5.41, 5.74) is 8.37. The van der Waals surface area contributed by atoms with Crippen molar-refractivity contribution in [1.82, 2.24) is 19.5 Å². The van der Waals surface area contributed by atoms with Crippen LogP contribution >= 0.6 is 0 Å². The van der Waals surface area contributed by atoms with E-state index in [9.17, 15) is 0 Å². The van der Waals surface area contributed by atoms with Crippen molar-refractivity contribution in [2.24, 2.45) is 0 Å². The van der Waals surface area contributed by atoms with Gasteiger partial charge in [0.1, 0.15) is 11.8 Å². The van der Waals surface area contributed by atoms with Gasteiger partial charge in [0.15, 0.2) is 5.58 Å². The van der Waals surface area contributed by atoms with Crippen LogP contribution in [0.2, 0.25) is 0 Å². The van der Waals surface area contributed by atoms with Crippen molar-refractivity contribution in [2.75, 3.05) is 0 Å². The summed E-state index contributed by atoms with van der Waals surface area (Å²) in [6.07, 6.45) is 5.06. The fourth-order valence-corrected chi connectivity index (χ4v) is 5.29. The molecule has 184 valence electrons. The zero-order valence-corrected chi connectivity index (χ0v) is 20.7. The molecule has 0 aliphatic heterocycles. The molecule has 0 spiro atoms. The standard InChI is InChI=1S/C33H20N4O2/c1-3-10-29-25(7-1)26-13-12-21(33-36-28-9-2-4-11-31(28)39-33)20-30(26)37(29)24-18-22(27-8-5-6-14-34-27)17-23(19-24)32-35-15-16-38-32/h1-20H. The van der Waals surface area contributed by atoms with E-state index >= 15 is 0 Å². The monoisotopic (exact) mass is 504 g/mol. The first kappa shape index (κ1) is 21.6. The Hall–Kier alpha value is -5.49. The van der Waals surface area contributed by atoms with E-state index in [4.69, 9.17) is 13.8 Å². The van der Waals surface area contributed by atoms with Gasteiger partial charge in [-0.15, -0.1) is 0 Å². The molecule has 4 aromatic heterocycles. The van der Waals surface area contributed by atoms with Crippen LogP contribution in [0.3, 0.4) is 0 Å². The molecule has 0 atom stereocenters. The molecule has 6 nitrogen and oxygen atoms in total. The number of benzene rings is 4. The van der Waals surface area contributed by atoms with E-state index in [1.165, 1.54) is 0 Å². The van der Waals surface area contributed by atoms with Gasteiger partial charge in [-0.1, -0.05) is 42.5 Å². The second-order valence-electron chi connectivity index (χ2n) is 9.39. The minimum absolute atomic E-state index is 0.557. The third kappa shape index (κ3) is 3.54. The molecule has 0 saturated heterocycles. The molecule has 0 amide bonds. The highest BCUT2D eigenvalue weighted by Crippen LogP contribution is 2.37. The highest BCUT2D eigenvalue weighted by molar-refractivity contribution is 6.10. The van der Waals surface area contributed by atoms with Gasteiger partial charge in [-0.2, -0.15) is 0 Å². The molecule has 6 heteroatoms. The van der Waals surface area contributed by atoms with Crippen LogP contribution in [-0.2, 0) is 0 Å². The topological polar surface area (TPSA) is 69.9 Å². The molecule has 0 radical (unpaired) electrons. The first-order valence-electron chi connectivity index (χ1n) is 12.7. The molecular weight excluding hydrogens is 484 g/mol. The van der Waals surface area contributed by atoms with Crippen molar-refractivity contribution >= 4 is 32.9 Å². The van der Waals surface area contributed by atoms with Crippen molar-refractivity contribution in [2.45, 2.75) is 0 Å². The maximum atomic E-state index is 6.12. The predicted molar refractivity (Wildman–Crippen MR) is 153 cm³/mol.